The second kappa shape index (κ2) is 6.59. The van der Waals surface area contributed by atoms with Crippen molar-refractivity contribution < 1.29 is 17.5 Å². The maximum atomic E-state index is 13.2. The van der Waals surface area contributed by atoms with Gasteiger partial charge in [-0.05, 0) is 25.0 Å². The van der Waals surface area contributed by atoms with Crippen LogP contribution in [0.1, 0.15) is 19.3 Å². The SMILES string of the molecule is COc1cc(F)ccc1NS(=O)(=O)N1CCCCC1CN. The smallest absolute Gasteiger partial charge is 0.302 e. The highest BCUT2D eigenvalue weighted by Crippen LogP contribution is 2.28. The van der Waals surface area contributed by atoms with Crippen LogP contribution in [0.25, 0.3) is 0 Å². The summed E-state index contributed by atoms with van der Waals surface area (Å²) in [7, 11) is -2.38. The fourth-order valence-electron chi connectivity index (χ4n) is 2.47. The van der Waals surface area contributed by atoms with Gasteiger partial charge in [-0.1, -0.05) is 6.42 Å². The van der Waals surface area contributed by atoms with Gasteiger partial charge in [0.25, 0.3) is 0 Å². The molecule has 0 aliphatic carbocycles. The van der Waals surface area contributed by atoms with Gasteiger partial charge in [-0.2, -0.15) is 12.7 Å². The normalized spacial score (nSPS) is 20.2. The Bertz CT molecular complexity index is 594. The Labute approximate surface area is 124 Å². The van der Waals surface area contributed by atoms with Crippen molar-refractivity contribution in [3.63, 3.8) is 0 Å². The Hall–Kier alpha value is -1.38. The molecular formula is C13H20FN3O3S. The standard InChI is InChI=1S/C13H20FN3O3S/c1-20-13-8-10(14)5-6-12(13)16-21(18,19)17-7-3-2-4-11(17)9-15/h5-6,8,11,16H,2-4,7,9,15H2,1H3. The lowest BCUT2D eigenvalue weighted by atomic mass is 10.1. The number of benzene rings is 1. The zero-order chi connectivity index (χ0) is 15.5. The summed E-state index contributed by atoms with van der Waals surface area (Å²) in [6.07, 6.45) is 2.52. The van der Waals surface area contributed by atoms with E-state index in [-0.39, 0.29) is 24.0 Å². The number of rotatable bonds is 5. The number of hydrogen-bond donors (Lipinski definition) is 2. The lowest BCUT2D eigenvalue weighted by molar-refractivity contribution is 0.259. The van der Waals surface area contributed by atoms with E-state index in [2.05, 4.69) is 4.72 Å². The van der Waals surface area contributed by atoms with Gasteiger partial charge in [-0.15, -0.1) is 0 Å². The highest BCUT2D eigenvalue weighted by Gasteiger charge is 2.31. The Morgan fingerprint density at radius 3 is 2.90 bits per heavy atom. The van der Waals surface area contributed by atoms with Crippen LogP contribution in [0.3, 0.4) is 0 Å². The quantitative estimate of drug-likeness (QED) is 0.857. The van der Waals surface area contributed by atoms with Gasteiger partial charge < -0.3 is 10.5 Å². The van der Waals surface area contributed by atoms with Crippen LogP contribution in [0.2, 0.25) is 0 Å². The number of hydrogen-bond acceptors (Lipinski definition) is 4. The number of nitrogens with two attached hydrogens (primary N) is 1. The minimum absolute atomic E-state index is 0.139. The molecule has 21 heavy (non-hydrogen) atoms. The summed E-state index contributed by atoms with van der Waals surface area (Å²) in [6, 6.07) is 3.45. The van der Waals surface area contributed by atoms with Gasteiger partial charge in [0, 0.05) is 25.2 Å². The molecule has 0 spiro atoms. The second-order valence-electron chi connectivity index (χ2n) is 4.95. The highest BCUT2D eigenvalue weighted by molar-refractivity contribution is 7.90. The van der Waals surface area contributed by atoms with Crippen LogP contribution in [0, 0.1) is 5.82 Å². The van der Waals surface area contributed by atoms with Crippen molar-refractivity contribution in [2.75, 3.05) is 24.9 Å². The molecule has 6 nitrogen and oxygen atoms in total. The average molecular weight is 317 g/mol. The number of ether oxygens (including phenoxy) is 1. The molecule has 1 saturated heterocycles. The first-order valence-electron chi connectivity index (χ1n) is 6.81. The summed E-state index contributed by atoms with van der Waals surface area (Å²) in [6.45, 7) is 0.710. The summed E-state index contributed by atoms with van der Waals surface area (Å²) in [5.74, 6) is -0.354. The number of anilines is 1. The topological polar surface area (TPSA) is 84.7 Å². The van der Waals surface area contributed by atoms with E-state index in [1.165, 1.54) is 23.5 Å². The fraction of sp³-hybridized carbons (Fsp3) is 0.538. The summed E-state index contributed by atoms with van der Waals surface area (Å²) < 4.78 is 47.0. The van der Waals surface area contributed by atoms with Gasteiger partial charge in [0.15, 0.2) is 0 Å². The van der Waals surface area contributed by atoms with Crippen molar-refractivity contribution in [1.29, 1.82) is 0 Å². The summed E-state index contributed by atoms with van der Waals surface area (Å²) in [5.41, 5.74) is 5.86. The number of nitrogens with zero attached hydrogens (tertiary/aromatic N) is 1. The number of piperidine rings is 1. The van der Waals surface area contributed by atoms with Crippen LogP contribution in [0.4, 0.5) is 10.1 Å². The van der Waals surface area contributed by atoms with Gasteiger partial charge in [0.2, 0.25) is 0 Å². The molecule has 1 aromatic carbocycles. The molecule has 0 aromatic heterocycles. The predicted molar refractivity (Wildman–Crippen MR) is 78.9 cm³/mol. The first kappa shape index (κ1) is 16.0. The summed E-state index contributed by atoms with van der Waals surface area (Å²) >= 11 is 0. The monoisotopic (exact) mass is 317 g/mol. The van der Waals surface area contributed by atoms with Crippen molar-refractivity contribution in [1.82, 2.24) is 4.31 Å². The third-order valence-electron chi connectivity index (χ3n) is 3.56. The Kier molecular flexibility index (Phi) is 5.02. The number of halogens is 1. The molecule has 3 N–H and O–H groups in total. The third kappa shape index (κ3) is 3.63. The predicted octanol–water partition coefficient (Wildman–Crippen LogP) is 1.30. The first-order valence-corrected chi connectivity index (χ1v) is 8.25. The van der Waals surface area contributed by atoms with Crippen LogP contribution in [0.15, 0.2) is 18.2 Å². The van der Waals surface area contributed by atoms with Crippen LogP contribution in [0.5, 0.6) is 5.75 Å². The van der Waals surface area contributed by atoms with Crippen molar-refractivity contribution in [2.45, 2.75) is 25.3 Å². The van der Waals surface area contributed by atoms with Crippen molar-refractivity contribution in [3.05, 3.63) is 24.0 Å². The Balaban J connectivity index is 2.24. The zero-order valence-electron chi connectivity index (χ0n) is 11.9. The van der Waals surface area contributed by atoms with Crippen LogP contribution in [-0.4, -0.2) is 39.0 Å². The Morgan fingerprint density at radius 1 is 1.48 bits per heavy atom. The molecule has 1 fully saturated rings. The van der Waals surface area contributed by atoms with Gasteiger partial charge in [0.05, 0.1) is 12.8 Å². The van der Waals surface area contributed by atoms with Crippen LogP contribution >= 0.6 is 0 Å². The molecule has 1 aliphatic heterocycles. The zero-order valence-corrected chi connectivity index (χ0v) is 12.7. The van der Waals surface area contributed by atoms with Gasteiger partial charge in [-0.25, -0.2) is 4.39 Å². The highest BCUT2D eigenvalue weighted by atomic mass is 32.2. The van der Waals surface area contributed by atoms with E-state index in [0.717, 1.165) is 25.3 Å². The number of nitrogens with one attached hydrogen (secondary N) is 1. The number of methoxy groups -OCH3 is 1. The maximum Gasteiger partial charge on any atom is 0.302 e. The molecule has 1 aliphatic rings. The molecule has 118 valence electrons. The minimum Gasteiger partial charge on any atom is -0.494 e. The lowest BCUT2D eigenvalue weighted by Crippen LogP contribution is -2.49. The van der Waals surface area contributed by atoms with Gasteiger partial charge in [0.1, 0.15) is 11.6 Å². The van der Waals surface area contributed by atoms with Crippen molar-refractivity contribution >= 4 is 15.9 Å². The lowest BCUT2D eigenvalue weighted by Gasteiger charge is -2.34. The average Bonchev–Trinajstić information content (AvgIpc) is 2.48. The second-order valence-corrected chi connectivity index (χ2v) is 6.57. The first-order chi connectivity index (χ1) is 9.97. The van der Waals surface area contributed by atoms with E-state index in [0.29, 0.717) is 6.54 Å². The summed E-state index contributed by atoms with van der Waals surface area (Å²) in [4.78, 5) is 0. The molecule has 0 saturated carbocycles. The molecule has 0 amide bonds. The van der Waals surface area contributed by atoms with Crippen LogP contribution < -0.4 is 15.2 Å². The molecule has 0 radical (unpaired) electrons. The molecule has 1 heterocycles. The molecule has 8 heteroatoms. The van der Waals surface area contributed by atoms with E-state index < -0.39 is 16.0 Å². The third-order valence-corrected chi connectivity index (χ3v) is 5.13. The maximum absolute atomic E-state index is 13.2. The molecule has 1 unspecified atom stereocenters. The summed E-state index contributed by atoms with van der Waals surface area (Å²) in [5, 5.41) is 0. The van der Waals surface area contributed by atoms with Crippen molar-refractivity contribution in [3.8, 4) is 5.75 Å². The van der Waals surface area contributed by atoms with Crippen LogP contribution in [-0.2, 0) is 10.2 Å². The Morgan fingerprint density at radius 2 is 2.24 bits per heavy atom. The van der Waals surface area contributed by atoms with E-state index >= 15 is 0 Å². The van der Waals surface area contributed by atoms with E-state index in [1.54, 1.807) is 0 Å². The van der Waals surface area contributed by atoms with Gasteiger partial charge in [-0.3, -0.25) is 4.72 Å². The molecule has 2 rings (SSSR count). The largest absolute Gasteiger partial charge is 0.494 e. The molecule has 1 aromatic rings. The van der Waals surface area contributed by atoms with Crippen molar-refractivity contribution in [2.24, 2.45) is 5.73 Å². The fourth-order valence-corrected chi connectivity index (χ4v) is 3.99. The van der Waals surface area contributed by atoms with E-state index in [1.807, 2.05) is 0 Å². The molecule has 1 atom stereocenters. The van der Waals surface area contributed by atoms with E-state index in [4.69, 9.17) is 10.5 Å². The minimum atomic E-state index is -3.74. The van der Waals surface area contributed by atoms with Gasteiger partial charge >= 0.3 is 10.2 Å². The van der Waals surface area contributed by atoms with E-state index in [9.17, 15) is 12.8 Å². The molecular weight excluding hydrogens is 297 g/mol. The molecule has 0 bridgehead atoms.